The van der Waals surface area contributed by atoms with Crippen LogP contribution in [0.5, 0.6) is 0 Å². The largest absolute Gasteiger partial charge is 0.481 e. The number of aromatic nitrogens is 2. The molecule has 0 fully saturated rings. The molecule has 0 spiro atoms. The van der Waals surface area contributed by atoms with Crippen LogP contribution >= 0.6 is 11.3 Å². The SMILES string of the molecule is CCc1nc(-c2cccs2)nc(Nc2ccc(C(C)(C)C(=O)O)cc2)c1CC. The van der Waals surface area contributed by atoms with E-state index in [4.69, 9.17) is 9.97 Å². The Morgan fingerprint density at radius 1 is 1.11 bits per heavy atom. The van der Waals surface area contributed by atoms with Crippen molar-refractivity contribution in [2.45, 2.75) is 46.0 Å². The Balaban J connectivity index is 1.97. The zero-order valence-corrected chi connectivity index (χ0v) is 17.4. The topological polar surface area (TPSA) is 75.1 Å². The molecule has 6 heteroatoms. The van der Waals surface area contributed by atoms with Gasteiger partial charge in [-0.25, -0.2) is 9.97 Å². The number of benzene rings is 1. The highest BCUT2D eigenvalue weighted by Crippen LogP contribution is 2.30. The summed E-state index contributed by atoms with van der Waals surface area (Å²) in [5, 5.41) is 14.9. The summed E-state index contributed by atoms with van der Waals surface area (Å²) in [5.41, 5.74) is 2.86. The molecule has 2 N–H and O–H groups in total. The maximum atomic E-state index is 11.5. The highest BCUT2D eigenvalue weighted by Gasteiger charge is 2.29. The van der Waals surface area contributed by atoms with Crippen LogP contribution in [0.15, 0.2) is 41.8 Å². The van der Waals surface area contributed by atoms with E-state index in [1.54, 1.807) is 25.2 Å². The fraction of sp³-hybridized carbons (Fsp3) is 0.318. The number of anilines is 2. The number of thiophene rings is 1. The van der Waals surface area contributed by atoms with Crippen LogP contribution in [-0.2, 0) is 23.1 Å². The third-order valence-electron chi connectivity index (χ3n) is 4.93. The van der Waals surface area contributed by atoms with Crippen molar-refractivity contribution in [1.82, 2.24) is 9.97 Å². The summed E-state index contributed by atoms with van der Waals surface area (Å²) in [7, 11) is 0. The van der Waals surface area contributed by atoms with Crippen LogP contribution in [0.25, 0.3) is 10.7 Å². The predicted octanol–water partition coefficient (Wildman–Crippen LogP) is 5.44. The zero-order chi connectivity index (χ0) is 20.3. The first-order valence-corrected chi connectivity index (χ1v) is 10.3. The number of carboxylic acid groups (broad SMARTS) is 1. The van der Waals surface area contributed by atoms with Crippen molar-refractivity contribution in [3.05, 3.63) is 58.6 Å². The van der Waals surface area contributed by atoms with Crippen LogP contribution in [0.1, 0.15) is 44.5 Å². The van der Waals surface area contributed by atoms with Gasteiger partial charge in [0.25, 0.3) is 0 Å². The summed E-state index contributed by atoms with van der Waals surface area (Å²) in [6.07, 6.45) is 1.67. The molecule has 0 bridgehead atoms. The van der Waals surface area contributed by atoms with Crippen molar-refractivity contribution in [3.63, 3.8) is 0 Å². The second kappa shape index (κ2) is 8.10. The molecule has 0 unspecified atom stereocenters. The van der Waals surface area contributed by atoms with Crippen LogP contribution in [0.2, 0.25) is 0 Å². The molecule has 0 amide bonds. The summed E-state index contributed by atoms with van der Waals surface area (Å²) in [4.78, 5) is 22.1. The fourth-order valence-corrected chi connectivity index (χ4v) is 3.70. The van der Waals surface area contributed by atoms with E-state index in [9.17, 15) is 9.90 Å². The Hall–Kier alpha value is -2.73. The molecular weight excluding hydrogens is 370 g/mol. The van der Waals surface area contributed by atoms with E-state index in [0.717, 1.165) is 51.9 Å². The van der Waals surface area contributed by atoms with Gasteiger partial charge < -0.3 is 10.4 Å². The first kappa shape index (κ1) is 20.0. The quantitative estimate of drug-likeness (QED) is 0.557. The number of rotatable bonds is 7. The van der Waals surface area contributed by atoms with E-state index >= 15 is 0 Å². The first-order chi connectivity index (χ1) is 13.4. The molecule has 3 rings (SSSR count). The maximum Gasteiger partial charge on any atom is 0.313 e. The van der Waals surface area contributed by atoms with E-state index in [2.05, 4.69) is 19.2 Å². The van der Waals surface area contributed by atoms with Gasteiger partial charge in [-0.05, 0) is 55.8 Å². The van der Waals surface area contributed by atoms with Crippen molar-refractivity contribution < 1.29 is 9.90 Å². The van der Waals surface area contributed by atoms with Gasteiger partial charge in [0.1, 0.15) is 5.82 Å². The average molecular weight is 396 g/mol. The predicted molar refractivity (Wildman–Crippen MR) is 114 cm³/mol. The summed E-state index contributed by atoms with van der Waals surface area (Å²) >= 11 is 1.62. The minimum Gasteiger partial charge on any atom is -0.481 e. The van der Waals surface area contributed by atoms with Crippen LogP contribution in [0.4, 0.5) is 11.5 Å². The second-order valence-corrected chi connectivity index (χ2v) is 8.09. The number of carbonyl (C=O) groups is 1. The normalized spacial score (nSPS) is 11.4. The van der Waals surface area contributed by atoms with Gasteiger partial charge in [-0.2, -0.15) is 0 Å². The molecule has 1 aromatic carbocycles. The molecule has 5 nitrogen and oxygen atoms in total. The number of nitrogens with one attached hydrogen (secondary N) is 1. The Morgan fingerprint density at radius 2 is 1.82 bits per heavy atom. The van der Waals surface area contributed by atoms with Gasteiger partial charge in [0.15, 0.2) is 5.82 Å². The first-order valence-electron chi connectivity index (χ1n) is 9.41. The zero-order valence-electron chi connectivity index (χ0n) is 16.6. The Morgan fingerprint density at radius 3 is 2.36 bits per heavy atom. The molecule has 0 saturated carbocycles. The number of hydrogen-bond acceptors (Lipinski definition) is 5. The molecule has 2 heterocycles. The number of aryl methyl sites for hydroxylation is 1. The standard InChI is InChI=1S/C22H25N3O2S/c1-5-16-17(6-2)24-20(18-8-7-13-28-18)25-19(16)23-15-11-9-14(10-12-15)22(3,4)21(26)27/h7-13H,5-6H2,1-4H3,(H,26,27)(H,23,24,25). The minimum atomic E-state index is -0.927. The van der Waals surface area contributed by atoms with Gasteiger partial charge in [-0.1, -0.05) is 32.0 Å². The molecular formula is C22H25N3O2S. The van der Waals surface area contributed by atoms with E-state index in [1.165, 1.54) is 0 Å². The van der Waals surface area contributed by atoms with E-state index < -0.39 is 11.4 Å². The summed E-state index contributed by atoms with van der Waals surface area (Å²) in [6.45, 7) is 7.62. The smallest absolute Gasteiger partial charge is 0.313 e. The monoisotopic (exact) mass is 395 g/mol. The molecule has 0 aliphatic rings. The van der Waals surface area contributed by atoms with Crippen LogP contribution < -0.4 is 5.32 Å². The van der Waals surface area contributed by atoms with Crippen molar-refractivity contribution in [1.29, 1.82) is 0 Å². The third-order valence-corrected chi connectivity index (χ3v) is 5.79. The second-order valence-electron chi connectivity index (χ2n) is 7.14. The van der Waals surface area contributed by atoms with Crippen molar-refractivity contribution >= 4 is 28.8 Å². The average Bonchev–Trinajstić information content (AvgIpc) is 3.22. The van der Waals surface area contributed by atoms with Crippen molar-refractivity contribution in [2.75, 3.05) is 5.32 Å². The molecule has 0 aliphatic carbocycles. The van der Waals surface area contributed by atoms with E-state index in [0.29, 0.717) is 0 Å². The molecule has 0 atom stereocenters. The summed E-state index contributed by atoms with van der Waals surface area (Å²) in [5.74, 6) is 0.698. The van der Waals surface area contributed by atoms with Gasteiger partial charge >= 0.3 is 5.97 Å². The Bertz CT molecular complexity index is 964. The lowest BCUT2D eigenvalue weighted by molar-refractivity contribution is -0.142. The fourth-order valence-electron chi connectivity index (χ4n) is 3.04. The van der Waals surface area contributed by atoms with Crippen molar-refractivity contribution in [3.8, 4) is 10.7 Å². The van der Waals surface area contributed by atoms with Crippen LogP contribution in [-0.4, -0.2) is 21.0 Å². The van der Waals surface area contributed by atoms with Crippen LogP contribution in [0.3, 0.4) is 0 Å². The molecule has 0 saturated heterocycles. The number of nitrogens with zero attached hydrogens (tertiary/aromatic N) is 2. The van der Waals surface area contributed by atoms with Gasteiger partial charge in [0.2, 0.25) is 0 Å². The van der Waals surface area contributed by atoms with E-state index in [-0.39, 0.29) is 0 Å². The number of carboxylic acids is 1. The third kappa shape index (κ3) is 3.92. The molecule has 28 heavy (non-hydrogen) atoms. The van der Waals surface area contributed by atoms with Crippen molar-refractivity contribution in [2.24, 2.45) is 0 Å². The summed E-state index contributed by atoms with van der Waals surface area (Å²) < 4.78 is 0. The minimum absolute atomic E-state index is 0.732. The maximum absolute atomic E-state index is 11.5. The van der Waals surface area contributed by atoms with Crippen LogP contribution in [0, 0.1) is 0 Å². The highest BCUT2D eigenvalue weighted by atomic mass is 32.1. The lowest BCUT2D eigenvalue weighted by Gasteiger charge is -2.20. The summed E-state index contributed by atoms with van der Waals surface area (Å²) in [6, 6.07) is 11.5. The highest BCUT2D eigenvalue weighted by molar-refractivity contribution is 7.13. The number of hydrogen-bond donors (Lipinski definition) is 2. The van der Waals surface area contributed by atoms with Gasteiger partial charge in [-0.3, -0.25) is 4.79 Å². The molecule has 146 valence electrons. The lowest BCUT2D eigenvalue weighted by Crippen LogP contribution is -2.28. The molecule has 2 aromatic heterocycles. The van der Waals surface area contributed by atoms with E-state index in [1.807, 2.05) is 41.8 Å². The Labute approximate surface area is 169 Å². The lowest BCUT2D eigenvalue weighted by atomic mass is 9.85. The van der Waals surface area contributed by atoms with Gasteiger partial charge in [0.05, 0.1) is 10.3 Å². The molecule has 0 radical (unpaired) electrons. The van der Waals surface area contributed by atoms with Gasteiger partial charge in [-0.15, -0.1) is 11.3 Å². The number of aliphatic carboxylic acids is 1. The molecule has 3 aromatic rings. The molecule has 0 aliphatic heterocycles. The Kier molecular flexibility index (Phi) is 5.79. The van der Waals surface area contributed by atoms with Gasteiger partial charge in [0, 0.05) is 16.9 Å².